The lowest BCUT2D eigenvalue weighted by Gasteiger charge is -2.31. The van der Waals surface area contributed by atoms with Gasteiger partial charge in [0.25, 0.3) is 0 Å². The number of ether oxygens (including phenoxy) is 3. The minimum absolute atomic E-state index is 0.115. The zero-order valence-corrected chi connectivity index (χ0v) is 15.6. The van der Waals surface area contributed by atoms with Gasteiger partial charge < -0.3 is 14.2 Å². The third kappa shape index (κ3) is 3.51. The molecule has 1 fully saturated rings. The van der Waals surface area contributed by atoms with Crippen molar-refractivity contribution in [2.45, 2.75) is 42.4 Å². The maximum atomic E-state index is 6.28. The second-order valence-corrected chi connectivity index (χ2v) is 8.36. The van der Waals surface area contributed by atoms with Gasteiger partial charge >= 0.3 is 0 Å². The molecule has 2 aromatic rings. The molecule has 3 atom stereocenters. The fourth-order valence-corrected chi connectivity index (χ4v) is 5.04. The Morgan fingerprint density at radius 2 is 1.88 bits per heavy atom. The zero-order valence-electron chi connectivity index (χ0n) is 14.7. The summed E-state index contributed by atoms with van der Waals surface area (Å²) in [7, 11) is 0. The molecule has 0 aromatic heterocycles. The lowest BCUT2D eigenvalue weighted by Crippen LogP contribution is -2.36. The number of fused-ring (bicyclic) bond motifs is 1. The molecule has 25 heavy (non-hydrogen) atoms. The molecule has 4 heteroatoms. The van der Waals surface area contributed by atoms with E-state index in [1.54, 1.807) is 0 Å². The molecule has 132 valence electrons. The second kappa shape index (κ2) is 6.93. The van der Waals surface area contributed by atoms with Crippen LogP contribution < -0.4 is 9.47 Å². The van der Waals surface area contributed by atoms with E-state index in [-0.39, 0.29) is 5.60 Å². The van der Waals surface area contributed by atoms with E-state index in [0.29, 0.717) is 18.0 Å². The average Bonchev–Trinajstić information content (AvgIpc) is 3.21. The minimum atomic E-state index is -0.115. The van der Waals surface area contributed by atoms with Crippen LogP contribution in [0.25, 0.3) is 0 Å². The summed E-state index contributed by atoms with van der Waals surface area (Å²) >= 11 is 1.95. The third-order valence-corrected chi connectivity index (χ3v) is 6.91. The number of hydrogen-bond acceptors (Lipinski definition) is 4. The number of benzene rings is 2. The Labute approximate surface area is 153 Å². The molecule has 1 saturated heterocycles. The van der Waals surface area contributed by atoms with Gasteiger partial charge in [0.15, 0.2) is 11.5 Å². The molecule has 4 rings (SSSR count). The fraction of sp³-hybridized carbons (Fsp3) is 0.429. The van der Waals surface area contributed by atoms with Crippen molar-refractivity contribution in [2.24, 2.45) is 5.92 Å². The van der Waals surface area contributed by atoms with Crippen LogP contribution in [-0.4, -0.2) is 24.3 Å². The smallest absolute Gasteiger partial charge is 0.231 e. The normalized spacial score (nSPS) is 27.6. The van der Waals surface area contributed by atoms with E-state index < -0.39 is 0 Å². The SMILES string of the molecule is C[C@H]1CO[C@](C)(CCc2ccc3c(c2)OCO3)[C@@H]1Sc1ccccc1. The number of aryl methyl sites for hydroxylation is 1. The molecule has 0 saturated carbocycles. The van der Waals surface area contributed by atoms with Crippen molar-refractivity contribution in [3.8, 4) is 11.5 Å². The monoisotopic (exact) mass is 356 g/mol. The van der Waals surface area contributed by atoms with Crippen LogP contribution in [0.4, 0.5) is 0 Å². The molecule has 0 aliphatic carbocycles. The molecule has 2 aliphatic rings. The molecule has 0 bridgehead atoms. The largest absolute Gasteiger partial charge is 0.454 e. The lowest BCUT2D eigenvalue weighted by atomic mass is 9.90. The summed E-state index contributed by atoms with van der Waals surface area (Å²) in [6, 6.07) is 16.9. The number of thioether (sulfide) groups is 1. The lowest BCUT2D eigenvalue weighted by molar-refractivity contribution is 0.0152. The van der Waals surface area contributed by atoms with E-state index in [1.807, 2.05) is 17.8 Å². The van der Waals surface area contributed by atoms with Crippen molar-refractivity contribution < 1.29 is 14.2 Å². The van der Waals surface area contributed by atoms with Crippen molar-refractivity contribution in [3.05, 3.63) is 54.1 Å². The van der Waals surface area contributed by atoms with Crippen molar-refractivity contribution in [1.29, 1.82) is 0 Å². The summed E-state index contributed by atoms with van der Waals surface area (Å²) in [4.78, 5) is 1.32. The quantitative estimate of drug-likeness (QED) is 0.759. The van der Waals surface area contributed by atoms with E-state index in [1.165, 1.54) is 10.5 Å². The molecule has 2 aromatic carbocycles. The second-order valence-electron chi connectivity index (χ2n) is 7.14. The van der Waals surface area contributed by atoms with Gasteiger partial charge in [-0.25, -0.2) is 0 Å². The summed E-state index contributed by atoms with van der Waals surface area (Å²) in [6.45, 7) is 5.73. The molecular formula is C21H24O3S. The van der Waals surface area contributed by atoms with Gasteiger partial charge in [-0.15, -0.1) is 11.8 Å². The summed E-state index contributed by atoms with van der Waals surface area (Å²) in [6.07, 6.45) is 1.98. The molecule has 0 spiro atoms. The molecule has 0 radical (unpaired) electrons. The first-order chi connectivity index (χ1) is 12.1. The van der Waals surface area contributed by atoms with Crippen LogP contribution >= 0.6 is 11.8 Å². The Kier molecular flexibility index (Phi) is 4.65. The van der Waals surface area contributed by atoms with E-state index >= 15 is 0 Å². The predicted octanol–water partition coefficient (Wildman–Crippen LogP) is 4.93. The van der Waals surface area contributed by atoms with Crippen LogP contribution in [0.1, 0.15) is 25.8 Å². The molecule has 2 aliphatic heterocycles. The van der Waals surface area contributed by atoms with E-state index in [2.05, 4.69) is 56.3 Å². The van der Waals surface area contributed by atoms with Crippen LogP contribution in [0.2, 0.25) is 0 Å². The predicted molar refractivity (Wildman–Crippen MR) is 100 cm³/mol. The topological polar surface area (TPSA) is 27.7 Å². The summed E-state index contributed by atoms with van der Waals surface area (Å²) < 4.78 is 17.2. The Hall–Kier alpha value is -1.65. The number of hydrogen-bond donors (Lipinski definition) is 0. The number of rotatable bonds is 5. The molecular weight excluding hydrogens is 332 g/mol. The highest BCUT2D eigenvalue weighted by Crippen LogP contribution is 2.44. The minimum Gasteiger partial charge on any atom is -0.454 e. The highest BCUT2D eigenvalue weighted by atomic mass is 32.2. The van der Waals surface area contributed by atoms with Crippen LogP contribution in [0.5, 0.6) is 11.5 Å². The van der Waals surface area contributed by atoms with Crippen molar-refractivity contribution >= 4 is 11.8 Å². The van der Waals surface area contributed by atoms with E-state index in [9.17, 15) is 0 Å². The van der Waals surface area contributed by atoms with E-state index in [4.69, 9.17) is 14.2 Å². The maximum absolute atomic E-state index is 6.28. The molecule has 2 heterocycles. The summed E-state index contributed by atoms with van der Waals surface area (Å²) in [5, 5.41) is 0.462. The van der Waals surface area contributed by atoms with Gasteiger partial charge in [0.1, 0.15) is 0 Å². The molecule has 0 amide bonds. The van der Waals surface area contributed by atoms with Crippen molar-refractivity contribution in [1.82, 2.24) is 0 Å². The highest BCUT2D eigenvalue weighted by Gasteiger charge is 2.44. The van der Waals surface area contributed by atoms with Crippen molar-refractivity contribution in [2.75, 3.05) is 13.4 Å². The van der Waals surface area contributed by atoms with Gasteiger partial charge in [-0.1, -0.05) is 31.2 Å². The van der Waals surface area contributed by atoms with Crippen LogP contribution in [0, 0.1) is 5.92 Å². The molecule has 3 nitrogen and oxygen atoms in total. The van der Waals surface area contributed by atoms with Gasteiger partial charge in [0.05, 0.1) is 12.2 Å². The highest BCUT2D eigenvalue weighted by molar-refractivity contribution is 8.00. The Morgan fingerprint density at radius 3 is 2.72 bits per heavy atom. The Balaban J connectivity index is 1.46. The Bertz CT molecular complexity index is 733. The van der Waals surface area contributed by atoms with Crippen LogP contribution in [-0.2, 0) is 11.2 Å². The summed E-state index contributed by atoms with van der Waals surface area (Å²) in [5.41, 5.74) is 1.16. The van der Waals surface area contributed by atoms with Gasteiger partial charge in [0, 0.05) is 10.1 Å². The van der Waals surface area contributed by atoms with Gasteiger partial charge in [-0.05, 0) is 55.5 Å². The fourth-order valence-electron chi connectivity index (χ4n) is 3.68. The maximum Gasteiger partial charge on any atom is 0.231 e. The van der Waals surface area contributed by atoms with Gasteiger partial charge in [-0.2, -0.15) is 0 Å². The van der Waals surface area contributed by atoms with Crippen LogP contribution in [0.3, 0.4) is 0 Å². The summed E-state index contributed by atoms with van der Waals surface area (Å²) in [5.74, 6) is 2.25. The first-order valence-electron chi connectivity index (χ1n) is 8.88. The van der Waals surface area contributed by atoms with Gasteiger partial charge in [-0.3, -0.25) is 0 Å². The first kappa shape index (κ1) is 16.8. The average molecular weight is 356 g/mol. The zero-order chi connectivity index (χ0) is 17.3. The van der Waals surface area contributed by atoms with Crippen molar-refractivity contribution in [3.63, 3.8) is 0 Å². The van der Waals surface area contributed by atoms with Gasteiger partial charge in [0.2, 0.25) is 6.79 Å². The third-order valence-electron chi connectivity index (χ3n) is 5.15. The van der Waals surface area contributed by atoms with E-state index in [0.717, 1.165) is 30.9 Å². The molecule has 0 N–H and O–H groups in total. The Morgan fingerprint density at radius 1 is 1.08 bits per heavy atom. The standard InChI is InChI=1S/C21H24O3S/c1-15-13-24-21(2,20(15)25-17-6-4-3-5-7-17)11-10-16-8-9-18-19(12-16)23-14-22-18/h3-9,12,15,20H,10-11,13-14H2,1-2H3/t15-,20+,21+/m0/s1. The van der Waals surface area contributed by atoms with Crippen LogP contribution in [0.15, 0.2) is 53.4 Å². The first-order valence-corrected chi connectivity index (χ1v) is 9.76. The molecule has 0 unspecified atom stereocenters.